The normalized spacial score (nSPS) is 25.5. The fourth-order valence-electron chi connectivity index (χ4n) is 3.24. The van der Waals surface area contributed by atoms with Crippen LogP contribution in [0.5, 0.6) is 0 Å². The van der Waals surface area contributed by atoms with E-state index in [1.54, 1.807) is 6.20 Å². The van der Waals surface area contributed by atoms with Crippen molar-refractivity contribution < 1.29 is 4.74 Å². The van der Waals surface area contributed by atoms with Gasteiger partial charge in [0.05, 0.1) is 12.6 Å². The Morgan fingerprint density at radius 2 is 2.24 bits per heavy atom. The molecule has 0 radical (unpaired) electrons. The zero-order valence-corrected chi connectivity index (χ0v) is 11.9. The van der Waals surface area contributed by atoms with Crippen molar-refractivity contribution in [1.29, 1.82) is 0 Å². The van der Waals surface area contributed by atoms with E-state index in [2.05, 4.69) is 31.1 Å². The van der Waals surface area contributed by atoms with E-state index in [9.17, 15) is 0 Å². The number of fused-ring (bicyclic) bond motifs is 1. The van der Waals surface area contributed by atoms with Gasteiger partial charge in [0.2, 0.25) is 0 Å². The first-order valence-corrected chi connectivity index (χ1v) is 7.57. The number of pyridine rings is 1. The lowest BCUT2D eigenvalue weighted by atomic mass is 10.0. The lowest BCUT2D eigenvalue weighted by molar-refractivity contribution is 0.0767. The first kappa shape index (κ1) is 12.9. The molecular formula is C15H19N5O. The van der Waals surface area contributed by atoms with Gasteiger partial charge in [-0.1, -0.05) is 6.07 Å². The molecule has 2 aromatic heterocycles. The van der Waals surface area contributed by atoms with E-state index in [0.29, 0.717) is 5.92 Å². The van der Waals surface area contributed by atoms with E-state index in [1.165, 1.54) is 0 Å². The maximum absolute atomic E-state index is 5.60. The quantitative estimate of drug-likeness (QED) is 0.900. The summed E-state index contributed by atoms with van der Waals surface area (Å²) in [6.45, 7) is 3.48. The van der Waals surface area contributed by atoms with E-state index < -0.39 is 0 Å². The van der Waals surface area contributed by atoms with Gasteiger partial charge in [0.25, 0.3) is 0 Å². The molecule has 0 aliphatic carbocycles. The van der Waals surface area contributed by atoms with Crippen LogP contribution in [0.3, 0.4) is 0 Å². The average molecular weight is 285 g/mol. The van der Waals surface area contributed by atoms with Gasteiger partial charge in [-0.3, -0.25) is 4.98 Å². The predicted octanol–water partition coefficient (Wildman–Crippen LogP) is 1.26. The lowest BCUT2D eigenvalue weighted by Crippen LogP contribution is -2.35. The van der Waals surface area contributed by atoms with Crippen molar-refractivity contribution in [3.05, 3.63) is 41.7 Å². The SMILES string of the molecule is c1cncc(C2NCCn3c(C4CCCOC4)nnc32)c1. The van der Waals surface area contributed by atoms with Crippen LogP contribution in [0.1, 0.15) is 42.0 Å². The van der Waals surface area contributed by atoms with Crippen LogP contribution >= 0.6 is 0 Å². The second-order valence-electron chi connectivity index (χ2n) is 5.66. The maximum Gasteiger partial charge on any atom is 0.154 e. The molecule has 1 fully saturated rings. The van der Waals surface area contributed by atoms with Crippen LogP contribution in [0.2, 0.25) is 0 Å². The second-order valence-corrected chi connectivity index (χ2v) is 5.66. The molecule has 0 bridgehead atoms. The Labute approximate surface area is 123 Å². The highest BCUT2D eigenvalue weighted by molar-refractivity contribution is 5.24. The molecule has 6 nitrogen and oxygen atoms in total. The molecule has 0 spiro atoms. The molecule has 1 saturated heterocycles. The summed E-state index contributed by atoms with van der Waals surface area (Å²) in [6.07, 6.45) is 5.94. The molecule has 110 valence electrons. The number of hydrogen-bond donors (Lipinski definition) is 1. The Morgan fingerprint density at radius 1 is 1.29 bits per heavy atom. The Balaban J connectivity index is 1.68. The topological polar surface area (TPSA) is 64.9 Å². The predicted molar refractivity (Wildman–Crippen MR) is 76.9 cm³/mol. The third-order valence-electron chi connectivity index (χ3n) is 4.29. The Kier molecular flexibility index (Phi) is 3.40. The molecule has 4 rings (SSSR count). The third-order valence-corrected chi connectivity index (χ3v) is 4.29. The second kappa shape index (κ2) is 5.54. The number of aromatic nitrogens is 4. The van der Waals surface area contributed by atoms with Gasteiger partial charge in [0.1, 0.15) is 5.82 Å². The van der Waals surface area contributed by atoms with E-state index in [-0.39, 0.29) is 6.04 Å². The first-order chi connectivity index (χ1) is 10.4. The summed E-state index contributed by atoms with van der Waals surface area (Å²) < 4.78 is 7.87. The highest BCUT2D eigenvalue weighted by Gasteiger charge is 2.30. The number of rotatable bonds is 2. The zero-order valence-electron chi connectivity index (χ0n) is 11.9. The van der Waals surface area contributed by atoms with Crippen molar-refractivity contribution in [3.8, 4) is 0 Å². The van der Waals surface area contributed by atoms with Gasteiger partial charge in [-0.15, -0.1) is 10.2 Å². The van der Waals surface area contributed by atoms with Crippen LogP contribution in [-0.2, 0) is 11.3 Å². The summed E-state index contributed by atoms with van der Waals surface area (Å²) in [4.78, 5) is 4.21. The van der Waals surface area contributed by atoms with Crippen LogP contribution in [0.4, 0.5) is 0 Å². The van der Waals surface area contributed by atoms with Gasteiger partial charge in [0, 0.05) is 38.0 Å². The summed E-state index contributed by atoms with van der Waals surface area (Å²) in [5, 5.41) is 12.4. The van der Waals surface area contributed by atoms with E-state index in [4.69, 9.17) is 4.74 Å². The summed E-state index contributed by atoms with van der Waals surface area (Å²) >= 11 is 0. The molecule has 2 aliphatic rings. The highest BCUT2D eigenvalue weighted by Crippen LogP contribution is 2.29. The number of nitrogens with zero attached hydrogens (tertiary/aromatic N) is 4. The summed E-state index contributed by atoms with van der Waals surface area (Å²) in [7, 11) is 0. The average Bonchev–Trinajstić information content (AvgIpc) is 3.00. The zero-order chi connectivity index (χ0) is 14.1. The van der Waals surface area contributed by atoms with Crippen molar-refractivity contribution in [2.24, 2.45) is 0 Å². The molecular weight excluding hydrogens is 266 g/mol. The van der Waals surface area contributed by atoms with E-state index >= 15 is 0 Å². The van der Waals surface area contributed by atoms with E-state index in [0.717, 1.165) is 56.4 Å². The Morgan fingerprint density at radius 3 is 3.05 bits per heavy atom. The Hall–Kier alpha value is -1.79. The molecule has 2 atom stereocenters. The fraction of sp³-hybridized carbons (Fsp3) is 0.533. The standard InChI is InChI=1S/C15H19N5O/c1-3-11(9-16-5-1)13-15-19-18-14(20(15)7-6-17-13)12-4-2-8-21-10-12/h1,3,5,9,12-13,17H,2,4,6-8,10H2. The Bertz CT molecular complexity index is 606. The van der Waals surface area contributed by atoms with Crippen molar-refractivity contribution in [2.75, 3.05) is 19.8 Å². The molecule has 21 heavy (non-hydrogen) atoms. The van der Waals surface area contributed by atoms with Crippen LogP contribution in [0.15, 0.2) is 24.5 Å². The number of hydrogen-bond acceptors (Lipinski definition) is 5. The monoisotopic (exact) mass is 285 g/mol. The largest absolute Gasteiger partial charge is 0.381 e. The van der Waals surface area contributed by atoms with Crippen molar-refractivity contribution in [1.82, 2.24) is 25.1 Å². The minimum Gasteiger partial charge on any atom is -0.381 e. The van der Waals surface area contributed by atoms with Crippen molar-refractivity contribution in [3.63, 3.8) is 0 Å². The minimum atomic E-state index is 0.0817. The molecule has 2 aliphatic heterocycles. The van der Waals surface area contributed by atoms with Gasteiger partial charge < -0.3 is 14.6 Å². The minimum absolute atomic E-state index is 0.0817. The van der Waals surface area contributed by atoms with E-state index in [1.807, 2.05) is 12.3 Å². The highest BCUT2D eigenvalue weighted by atomic mass is 16.5. The van der Waals surface area contributed by atoms with Gasteiger partial charge in [-0.05, 0) is 24.5 Å². The van der Waals surface area contributed by atoms with Gasteiger partial charge in [0.15, 0.2) is 5.82 Å². The smallest absolute Gasteiger partial charge is 0.154 e. The van der Waals surface area contributed by atoms with Gasteiger partial charge >= 0.3 is 0 Å². The number of nitrogens with one attached hydrogen (secondary N) is 1. The first-order valence-electron chi connectivity index (χ1n) is 7.57. The third kappa shape index (κ3) is 2.34. The van der Waals surface area contributed by atoms with Gasteiger partial charge in [-0.25, -0.2) is 0 Å². The number of ether oxygens (including phenoxy) is 1. The summed E-state index contributed by atoms with van der Waals surface area (Å²) in [5.74, 6) is 2.46. The lowest BCUT2D eigenvalue weighted by Gasteiger charge is -2.27. The molecule has 2 unspecified atom stereocenters. The van der Waals surface area contributed by atoms with Crippen LogP contribution in [0, 0.1) is 0 Å². The molecule has 6 heteroatoms. The van der Waals surface area contributed by atoms with Crippen molar-refractivity contribution in [2.45, 2.75) is 31.3 Å². The maximum atomic E-state index is 5.60. The molecule has 0 aromatic carbocycles. The molecule has 0 amide bonds. The van der Waals surface area contributed by atoms with Gasteiger partial charge in [-0.2, -0.15) is 0 Å². The molecule has 0 saturated carbocycles. The van der Waals surface area contributed by atoms with Crippen LogP contribution in [0.25, 0.3) is 0 Å². The summed E-state index contributed by atoms with van der Waals surface area (Å²) in [5.41, 5.74) is 1.14. The molecule has 4 heterocycles. The van der Waals surface area contributed by atoms with Crippen molar-refractivity contribution >= 4 is 0 Å². The van der Waals surface area contributed by atoms with Crippen LogP contribution in [-0.4, -0.2) is 39.5 Å². The summed E-state index contributed by atoms with van der Waals surface area (Å²) in [6, 6.07) is 4.12. The molecule has 1 N–H and O–H groups in total. The molecule has 2 aromatic rings. The fourth-order valence-corrected chi connectivity index (χ4v) is 3.24. The van der Waals surface area contributed by atoms with Crippen LogP contribution < -0.4 is 5.32 Å².